The lowest BCUT2D eigenvalue weighted by atomic mass is 9.92. The molecule has 1 rings (SSSR count). The average molecular weight is 212 g/mol. The van der Waals surface area contributed by atoms with Gasteiger partial charge in [-0.15, -0.1) is 0 Å². The Labute approximate surface area is 95.4 Å². The van der Waals surface area contributed by atoms with Crippen molar-refractivity contribution < 1.29 is 0 Å². The molecular weight excluding hydrogens is 184 g/mol. The average Bonchev–Trinajstić information content (AvgIpc) is 2.06. The van der Waals surface area contributed by atoms with Gasteiger partial charge >= 0.3 is 0 Å². The topological polar surface area (TPSA) is 15.3 Å². The second-order valence-corrected chi connectivity index (χ2v) is 6.60. The second-order valence-electron chi connectivity index (χ2n) is 6.60. The number of hydrogen-bond acceptors (Lipinski definition) is 2. The van der Waals surface area contributed by atoms with Crippen LogP contribution in [0.5, 0.6) is 0 Å². The number of nitrogens with zero attached hydrogens (tertiary/aromatic N) is 1. The third-order valence-corrected chi connectivity index (χ3v) is 3.21. The number of piperazine rings is 1. The van der Waals surface area contributed by atoms with Crippen molar-refractivity contribution in [3.63, 3.8) is 0 Å². The van der Waals surface area contributed by atoms with Gasteiger partial charge in [-0.25, -0.2) is 0 Å². The first-order valence-corrected chi connectivity index (χ1v) is 6.27. The fourth-order valence-electron chi connectivity index (χ4n) is 2.22. The first-order valence-electron chi connectivity index (χ1n) is 6.27. The Bertz CT molecular complexity index is 193. The van der Waals surface area contributed by atoms with Crippen molar-refractivity contribution in [1.82, 2.24) is 10.2 Å². The monoisotopic (exact) mass is 212 g/mol. The molecule has 0 saturated carbocycles. The SMILES string of the molecule is CC(C)C1CN(CC(C)(C)C)C(C)CN1. The van der Waals surface area contributed by atoms with Gasteiger partial charge in [0, 0.05) is 31.7 Å². The van der Waals surface area contributed by atoms with Crippen molar-refractivity contribution in [1.29, 1.82) is 0 Å². The maximum absolute atomic E-state index is 3.64. The fourth-order valence-corrected chi connectivity index (χ4v) is 2.22. The molecule has 0 bridgehead atoms. The molecule has 90 valence electrons. The fraction of sp³-hybridized carbons (Fsp3) is 1.00. The van der Waals surface area contributed by atoms with Crippen molar-refractivity contribution in [2.24, 2.45) is 11.3 Å². The van der Waals surface area contributed by atoms with E-state index >= 15 is 0 Å². The smallest absolute Gasteiger partial charge is 0.0218 e. The van der Waals surface area contributed by atoms with E-state index in [-0.39, 0.29) is 0 Å². The van der Waals surface area contributed by atoms with Crippen molar-refractivity contribution >= 4 is 0 Å². The van der Waals surface area contributed by atoms with Crippen LogP contribution >= 0.6 is 0 Å². The Kier molecular flexibility index (Phi) is 4.19. The highest BCUT2D eigenvalue weighted by molar-refractivity contribution is 4.87. The zero-order valence-corrected chi connectivity index (χ0v) is 11.3. The molecule has 1 fully saturated rings. The van der Waals surface area contributed by atoms with Gasteiger partial charge in [-0.2, -0.15) is 0 Å². The van der Waals surface area contributed by atoms with Crippen LogP contribution in [0.15, 0.2) is 0 Å². The van der Waals surface area contributed by atoms with Gasteiger partial charge in [0.25, 0.3) is 0 Å². The summed E-state index contributed by atoms with van der Waals surface area (Å²) >= 11 is 0. The molecule has 0 aliphatic carbocycles. The first-order chi connectivity index (χ1) is 6.79. The molecule has 1 aliphatic heterocycles. The van der Waals surface area contributed by atoms with Gasteiger partial charge in [0.1, 0.15) is 0 Å². The third-order valence-electron chi connectivity index (χ3n) is 3.21. The normalized spacial score (nSPS) is 29.8. The van der Waals surface area contributed by atoms with Crippen LogP contribution in [0.1, 0.15) is 41.5 Å². The van der Waals surface area contributed by atoms with Gasteiger partial charge in [-0.1, -0.05) is 34.6 Å². The summed E-state index contributed by atoms with van der Waals surface area (Å²) in [6, 6.07) is 1.35. The predicted molar refractivity (Wildman–Crippen MR) is 67.1 cm³/mol. The summed E-state index contributed by atoms with van der Waals surface area (Å²) in [5, 5.41) is 3.64. The molecule has 2 atom stereocenters. The highest BCUT2D eigenvalue weighted by Crippen LogP contribution is 2.20. The minimum absolute atomic E-state index is 0.410. The minimum Gasteiger partial charge on any atom is -0.311 e. The zero-order chi connectivity index (χ0) is 11.6. The molecule has 0 amide bonds. The Hall–Kier alpha value is -0.0800. The van der Waals surface area contributed by atoms with Gasteiger partial charge in [-0.3, -0.25) is 4.90 Å². The summed E-state index contributed by atoms with van der Waals surface area (Å²) in [5.41, 5.74) is 0.410. The molecule has 1 aliphatic rings. The summed E-state index contributed by atoms with van der Waals surface area (Å²) in [6.45, 7) is 17.5. The summed E-state index contributed by atoms with van der Waals surface area (Å²) in [7, 11) is 0. The summed E-state index contributed by atoms with van der Waals surface area (Å²) in [4.78, 5) is 2.64. The molecule has 0 spiro atoms. The van der Waals surface area contributed by atoms with Crippen molar-refractivity contribution in [3.05, 3.63) is 0 Å². The molecule has 0 aromatic heterocycles. The molecule has 0 aromatic rings. The van der Waals surface area contributed by atoms with E-state index < -0.39 is 0 Å². The highest BCUT2D eigenvalue weighted by atomic mass is 15.2. The number of nitrogens with one attached hydrogen (secondary N) is 1. The quantitative estimate of drug-likeness (QED) is 0.756. The van der Waals surface area contributed by atoms with E-state index in [1.807, 2.05) is 0 Å². The molecule has 2 unspecified atom stereocenters. The van der Waals surface area contributed by atoms with Crippen molar-refractivity contribution in [3.8, 4) is 0 Å². The maximum Gasteiger partial charge on any atom is 0.0218 e. The van der Waals surface area contributed by atoms with Crippen LogP contribution in [-0.2, 0) is 0 Å². The summed E-state index contributed by atoms with van der Waals surface area (Å²) in [5.74, 6) is 0.736. The summed E-state index contributed by atoms with van der Waals surface area (Å²) in [6.07, 6.45) is 0. The van der Waals surface area contributed by atoms with Crippen LogP contribution in [0.2, 0.25) is 0 Å². The predicted octanol–water partition coefficient (Wildman–Crippen LogP) is 2.35. The molecule has 1 heterocycles. The molecule has 1 N–H and O–H groups in total. The largest absolute Gasteiger partial charge is 0.311 e. The van der Waals surface area contributed by atoms with E-state index in [2.05, 4.69) is 51.8 Å². The first kappa shape index (κ1) is 13.0. The van der Waals surface area contributed by atoms with E-state index in [0.717, 1.165) is 12.5 Å². The second kappa shape index (κ2) is 4.84. The molecule has 2 heteroatoms. The Morgan fingerprint density at radius 2 is 1.93 bits per heavy atom. The van der Waals surface area contributed by atoms with Gasteiger partial charge in [0.2, 0.25) is 0 Å². The van der Waals surface area contributed by atoms with Crippen LogP contribution in [0, 0.1) is 11.3 Å². The number of rotatable bonds is 2. The molecule has 15 heavy (non-hydrogen) atoms. The van der Waals surface area contributed by atoms with Crippen LogP contribution < -0.4 is 5.32 Å². The van der Waals surface area contributed by atoms with Crippen LogP contribution in [0.25, 0.3) is 0 Å². The number of hydrogen-bond donors (Lipinski definition) is 1. The standard InChI is InChI=1S/C13H28N2/c1-10(2)12-8-15(9-13(4,5)6)11(3)7-14-12/h10-12,14H,7-9H2,1-6H3. The molecule has 0 radical (unpaired) electrons. The van der Waals surface area contributed by atoms with Gasteiger partial charge in [0.15, 0.2) is 0 Å². The van der Waals surface area contributed by atoms with Gasteiger partial charge in [-0.05, 0) is 18.3 Å². The Morgan fingerprint density at radius 1 is 1.33 bits per heavy atom. The minimum atomic E-state index is 0.410. The highest BCUT2D eigenvalue weighted by Gasteiger charge is 2.28. The maximum atomic E-state index is 3.64. The molecule has 2 nitrogen and oxygen atoms in total. The molecular formula is C13H28N2. The Balaban J connectivity index is 2.54. The van der Waals surface area contributed by atoms with E-state index in [1.165, 1.54) is 13.1 Å². The van der Waals surface area contributed by atoms with E-state index in [9.17, 15) is 0 Å². The van der Waals surface area contributed by atoms with Crippen LogP contribution in [0.4, 0.5) is 0 Å². The lowest BCUT2D eigenvalue weighted by molar-refractivity contribution is 0.0870. The molecule has 1 saturated heterocycles. The van der Waals surface area contributed by atoms with Crippen LogP contribution in [-0.4, -0.2) is 36.6 Å². The lowest BCUT2D eigenvalue weighted by Crippen LogP contribution is -2.58. The van der Waals surface area contributed by atoms with E-state index in [0.29, 0.717) is 17.5 Å². The van der Waals surface area contributed by atoms with Crippen molar-refractivity contribution in [2.75, 3.05) is 19.6 Å². The van der Waals surface area contributed by atoms with E-state index in [4.69, 9.17) is 0 Å². The Morgan fingerprint density at radius 3 is 2.40 bits per heavy atom. The van der Waals surface area contributed by atoms with Gasteiger partial charge in [0.05, 0.1) is 0 Å². The zero-order valence-electron chi connectivity index (χ0n) is 11.3. The van der Waals surface area contributed by atoms with Crippen LogP contribution in [0.3, 0.4) is 0 Å². The van der Waals surface area contributed by atoms with E-state index in [1.54, 1.807) is 0 Å². The van der Waals surface area contributed by atoms with Gasteiger partial charge < -0.3 is 5.32 Å². The summed E-state index contributed by atoms with van der Waals surface area (Å²) < 4.78 is 0. The lowest BCUT2D eigenvalue weighted by Gasteiger charge is -2.43. The third kappa shape index (κ3) is 4.12. The van der Waals surface area contributed by atoms with Crippen molar-refractivity contribution in [2.45, 2.75) is 53.6 Å². The molecule has 0 aromatic carbocycles.